The van der Waals surface area contributed by atoms with E-state index in [-0.39, 0.29) is 18.7 Å². The third kappa shape index (κ3) is 3.62. The van der Waals surface area contributed by atoms with Crippen molar-refractivity contribution in [1.82, 2.24) is 4.90 Å². The molecule has 22 heavy (non-hydrogen) atoms. The molecule has 1 aliphatic rings. The zero-order valence-electron chi connectivity index (χ0n) is 12.5. The molecule has 120 valence electrons. The van der Waals surface area contributed by atoms with Gasteiger partial charge in [-0.3, -0.25) is 9.59 Å². The molecule has 1 saturated heterocycles. The van der Waals surface area contributed by atoms with E-state index in [2.05, 4.69) is 0 Å². The maximum atomic E-state index is 13.5. The van der Waals surface area contributed by atoms with E-state index in [0.717, 1.165) is 0 Å². The molecular weight excluding hydrogens is 289 g/mol. The van der Waals surface area contributed by atoms with Gasteiger partial charge in [0.2, 0.25) is 5.91 Å². The van der Waals surface area contributed by atoms with Crippen LogP contribution >= 0.6 is 0 Å². The second-order valence-corrected chi connectivity index (χ2v) is 5.42. The summed E-state index contributed by atoms with van der Waals surface area (Å²) in [4.78, 5) is 25.3. The first-order valence-corrected chi connectivity index (χ1v) is 7.31. The van der Waals surface area contributed by atoms with Crippen LogP contribution in [0.4, 0.5) is 4.39 Å². The number of likely N-dealkylation sites (tertiary alicyclic amines) is 1. The van der Waals surface area contributed by atoms with Gasteiger partial charge < -0.3 is 14.7 Å². The van der Waals surface area contributed by atoms with Crippen molar-refractivity contribution < 1.29 is 23.8 Å². The van der Waals surface area contributed by atoms with Gasteiger partial charge in [-0.1, -0.05) is 12.1 Å². The predicted octanol–water partition coefficient (Wildman–Crippen LogP) is 2.23. The molecule has 1 heterocycles. The highest BCUT2D eigenvalue weighted by atomic mass is 19.1. The maximum Gasteiger partial charge on any atom is 0.308 e. The fourth-order valence-corrected chi connectivity index (χ4v) is 2.96. The SMILES string of the molecule is COCCCN1C(=O)CCC(C(=O)O)C1c1cccc(F)c1. The van der Waals surface area contributed by atoms with Crippen LogP contribution in [-0.4, -0.2) is 42.1 Å². The second kappa shape index (κ2) is 7.35. The number of amides is 1. The van der Waals surface area contributed by atoms with E-state index in [1.54, 1.807) is 18.1 Å². The number of hydrogen-bond donors (Lipinski definition) is 1. The normalized spacial score (nSPS) is 21.9. The minimum absolute atomic E-state index is 0.0946. The summed E-state index contributed by atoms with van der Waals surface area (Å²) in [5.74, 6) is -2.21. The van der Waals surface area contributed by atoms with Crippen LogP contribution in [0.1, 0.15) is 30.9 Å². The molecule has 1 N–H and O–H groups in total. The van der Waals surface area contributed by atoms with Gasteiger partial charge in [0.05, 0.1) is 12.0 Å². The molecule has 1 amide bonds. The molecular formula is C16H20FNO4. The van der Waals surface area contributed by atoms with Crippen molar-refractivity contribution in [1.29, 1.82) is 0 Å². The van der Waals surface area contributed by atoms with Crippen molar-refractivity contribution in [2.24, 2.45) is 5.92 Å². The number of methoxy groups -OCH3 is 1. The molecule has 0 spiro atoms. The highest BCUT2D eigenvalue weighted by molar-refractivity contribution is 5.81. The molecule has 2 rings (SSSR count). The van der Waals surface area contributed by atoms with Crippen molar-refractivity contribution in [2.75, 3.05) is 20.3 Å². The largest absolute Gasteiger partial charge is 0.481 e. The third-order valence-electron chi connectivity index (χ3n) is 3.96. The standard InChI is InChI=1S/C16H20FNO4/c1-22-9-3-8-18-14(19)7-6-13(16(20)21)15(18)11-4-2-5-12(17)10-11/h2,4-5,10,13,15H,3,6-9H2,1H3,(H,20,21). The zero-order valence-corrected chi connectivity index (χ0v) is 12.5. The topological polar surface area (TPSA) is 66.8 Å². The maximum absolute atomic E-state index is 13.5. The Morgan fingerprint density at radius 1 is 1.50 bits per heavy atom. The average molecular weight is 309 g/mol. The summed E-state index contributed by atoms with van der Waals surface area (Å²) >= 11 is 0. The Balaban J connectivity index is 2.32. The van der Waals surface area contributed by atoms with Gasteiger partial charge in [0.15, 0.2) is 0 Å². The lowest BCUT2D eigenvalue weighted by Crippen LogP contribution is -2.46. The quantitative estimate of drug-likeness (QED) is 0.818. The van der Waals surface area contributed by atoms with Crippen LogP contribution in [0.15, 0.2) is 24.3 Å². The van der Waals surface area contributed by atoms with Crippen LogP contribution in [0.25, 0.3) is 0 Å². The lowest BCUT2D eigenvalue weighted by Gasteiger charge is -2.40. The molecule has 0 radical (unpaired) electrons. The summed E-state index contributed by atoms with van der Waals surface area (Å²) in [6.45, 7) is 0.884. The zero-order chi connectivity index (χ0) is 16.1. The van der Waals surface area contributed by atoms with Gasteiger partial charge in [0, 0.05) is 26.7 Å². The summed E-state index contributed by atoms with van der Waals surface area (Å²) in [7, 11) is 1.57. The Morgan fingerprint density at radius 3 is 2.91 bits per heavy atom. The number of piperidine rings is 1. The highest BCUT2D eigenvalue weighted by Crippen LogP contribution is 2.37. The van der Waals surface area contributed by atoms with E-state index >= 15 is 0 Å². The Labute approximate surface area is 128 Å². The number of carboxylic acid groups (broad SMARTS) is 1. The summed E-state index contributed by atoms with van der Waals surface area (Å²) in [5.41, 5.74) is 0.526. The van der Waals surface area contributed by atoms with Gasteiger partial charge in [0.1, 0.15) is 5.82 Å². The number of rotatable bonds is 6. The number of carbonyl (C=O) groups excluding carboxylic acids is 1. The number of ether oxygens (including phenoxy) is 1. The Hall–Kier alpha value is -1.95. The Kier molecular flexibility index (Phi) is 5.49. The molecule has 0 aliphatic carbocycles. The monoisotopic (exact) mass is 309 g/mol. The smallest absolute Gasteiger partial charge is 0.308 e. The number of carboxylic acids is 1. The minimum Gasteiger partial charge on any atom is -0.481 e. The molecule has 1 aromatic carbocycles. The highest BCUT2D eigenvalue weighted by Gasteiger charge is 2.40. The lowest BCUT2D eigenvalue weighted by atomic mass is 9.84. The average Bonchev–Trinajstić information content (AvgIpc) is 2.48. The third-order valence-corrected chi connectivity index (χ3v) is 3.96. The van der Waals surface area contributed by atoms with Gasteiger partial charge in [0.25, 0.3) is 0 Å². The molecule has 2 atom stereocenters. The first kappa shape index (κ1) is 16.4. The van der Waals surface area contributed by atoms with E-state index in [1.165, 1.54) is 18.2 Å². The number of halogens is 1. The number of carbonyl (C=O) groups is 2. The van der Waals surface area contributed by atoms with Crippen LogP contribution in [0, 0.1) is 11.7 Å². The van der Waals surface area contributed by atoms with Crippen LogP contribution in [0.2, 0.25) is 0 Å². The summed E-state index contributed by atoms with van der Waals surface area (Å²) in [6, 6.07) is 5.19. The van der Waals surface area contributed by atoms with E-state index in [1.807, 2.05) is 0 Å². The summed E-state index contributed by atoms with van der Waals surface area (Å²) < 4.78 is 18.5. The fourth-order valence-electron chi connectivity index (χ4n) is 2.96. The molecule has 0 bridgehead atoms. The molecule has 1 fully saturated rings. The first-order valence-electron chi connectivity index (χ1n) is 7.31. The first-order chi connectivity index (χ1) is 10.5. The van der Waals surface area contributed by atoms with Crippen LogP contribution in [-0.2, 0) is 14.3 Å². The van der Waals surface area contributed by atoms with Gasteiger partial charge in [-0.25, -0.2) is 4.39 Å². The minimum atomic E-state index is -0.960. The Bertz CT molecular complexity index is 549. The van der Waals surface area contributed by atoms with Crippen molar-refractivity contribution >= 4 is 11.9 Å². The molecule has 1 aliphatic heterocycles. The second-order valence-electron chi connectivity index (χ2n) is 5.42. The fraction of sp³-hybridized carbons (Fsp3) is 0.500. The molecule has 5 nitrogen and oxygen atoms in total. The van der Waals surface area contributed by atoms with Gasteiger partial charge in [-0.2, -0.15) is 0 Å². The van der Waals surface area contributed by atoms with E-state index < -0.39 is 23.7 Å². The van der Waals surface area contributed by atoms with Crippen LogP contribution in [0.5, 0.6) is 0 Å². The van der Waals surface area contributed by atoms with Crippen LogP contribution < -0.4 is 0 Å². The number of hydrogen-bond acceptors (Lipinski definition) is 3. The Morgan fingerprint density at radius 2 is 2.27 bits per heavy atom. The van der Waals surface area contributed by atoms with Gasteiger partial charge >= 0.3 is 5.97 Å². The van der Waals surface area contributed by atoms with Gasteiger partial charge in [-0.05, 0) is 30.5 Å². The predicted molar refractivity (Wildman–Crippen MR) is 77.7 cm³/mol. The van der Waals surface area contributed by atoms with Crippen molar-refractivity contribution in [3.8, 4) is 0 Å². The summed E-state index contributed by atoms with van der Waals surface area (Å²) in [5, 5.41) is 9.46. The molecule has 2 unspecified atom stereocenters. The number of benzene rings is 1. The van der Waals surface area contributed by atoms with Crippen molar-refractivity contribution in [2.45, 2.75) is 25.3 Å². The van der Waals surface area contributed by atoms with Crippen molar-refractivity contribution in [3.63, 3.8) is 0 Å². The van der Waals surface area contributed by atoms with E-state index in [0.29, 0.717) is 25.1 Å². The lowest BCUT2D eigenvalue weighted by molar-refractivity contribution is -0.152. The van der Waals surface area contributed by atoms with E-state index in [4.69, 9.17) is 4.74 Å². The molecule has 6 heteroatoms. The number of aliphatic carboxylic acids is 1. The van der Waals surface area contributed by atoms with Gasteiger partial charge in [-0.15, -0.1) is 0 Å². The summed E-state index contributed by atoms with van der Waals surface area (Å²) in [6.07, 6.45) is 1.09. The van der Waals surface area contributed by atoms with Crippen LogP contribution in [0.3, 0.4) is 0 Å². The molecule has 0 aromatic heterocycles. The van der Waals surface area contributed by atoms with Crippen molar-refractivity contribution in [3.05, 3.63) is 35.6 Å². The van der Waals surface area contributed by atoms with E-state index in [9.17, 15) is 19.1 Å². The molecule has 1 aromatic rings. The molecule has 0 saturated carbocycles. The number of nitrogens with zero attached hydrogens (tertiary/aromatic N) is 1.